The van der Waals surface area contributed by atoms with Crippen LogP contribution in [-0.2, 0) is 0 Å². The molecular weight excluding hydrogens is 284 g/mol. The van der Waals surface area contributed by atoms with Crippen molar-refractivity contribution < 1.29 is 5.11 Å². The predicted octanol–water partition coefficient (Wildman–Crippen LogP) is 3.70. The van der Waals surface area contributed by atoms with Gasteiger partial charge in [-0.2, -0.15) is 0 Å². The molecule has 3 saturated heterocycles. The third-order valence-electron chi connectivity index (χ3n) is 6.07. The molecule has 0 saturated carbocycles. The third-order valence-corrected chi connectivity index (χ3v) is 6.07. The van der Waals surface area contributed by atoms with Gasteiger partial charge >= 0.3 is 0 Å². The van der Waals surface area contributed by atoms with E-state index < -0.39 is 6.10 Å². The first-order valence-corrected chi connectivity index (χ1v) is 8.94. The zero-order valence-corrected chi connectivity index (χ0v) is 14.1. The van der Waals surface area contributed by atoms with Crippen LogP contribution < -0.4 is 0 Å². The van der Waals surface area contributed by atoms with Crippen LogP contribution in [0.3, 0.4) is 0 Å². The second kappa shape index (κ2) is 5.88. The number of pyridine rings is 1. The van der Waals surface area contributed by atoms with Gasteiger partial charge < -0.3 is 5.11 Å². The minimum absolute atomic E-state index is 0.266. The Labute approximate surface area is 138 Å². The van der Waals surface area contributed by atoms with E-state index in [2.05, 4.69) is 41.9 Å². The predicted molar refractivity (Wildman–Crippen MR) is 93.3 cm³/mol. The van der Waals surface area contributed by atoms with Crippen molar-refractivity contribution in [1.29, 1.82) is 0 Å². The molecule has 1 N–H and O–H groups in total. The molecule has 2 aromatic rings. The van der Waals surface area contributed by atoms with Gasteiger partial charge in [0.25, 0.3) is 0 Å². The van der Waals surface area contributed by atoms with Crippen LogP contribution >= 0.6 is 0 Å². The lowest BCUT2D eigenvalue weighted by Gasteiger charge is -2.51. The molecule has 3 heteroatoms. The molecule has 23 heavy (non-hydrogen) atoms. The van der Waals surface area contributed by atoms with E-state index in [1.807, 2.05) is 12.3 Å². The molecule has 5 unspecified atom stereocenters. The quantitative estimate of drug-likeness (QED) is 0.939. The normalized spacial score (nSPS) is 31.4. The third kappa shape index (κ3) is 2.56. The highest BCUT2D eigenvalue weighted by Crippen LogP contribution is 2.42. The van der Waals surface area contributed by atoms with Gasteiger partial charge in [0.1, 0.15) is 0 Å². The topological polar surface area (TPSA) is 36.4 Å². The number of hydrogen-bond donors (Lipinski definition) is 1. The van der Waals surface area contributed by atoms with Gasteiger partial charge in [-0.1, -0.05) is 25.0 Å². The van der Waals surface area contributed by atoms with Crippen molar-refractivity contribution in [1.82, 2.24) is 9.88 Å². The molecule has 0 amide bonds. The number of aromatic nitrogens is 1. The van der Waals surface area contributed by atoms with Crippen LogP contribution in [0.5, 0.6) is 0 Å². The molecule has 1 aromatic heterocycles. The van der Waals surface area contributed by atoms with Crippen molar-refractivity contribution in [2.75, 3.05) is 13.1 Å². The number of benzene rings is 1. The Hall–Kier alpha value is -1.45. The lowest BCUT2D eigenvalue weighted by molar-refractivity contribution is -0.0562. The fraction of sp³-hybridized carbons (Fsp3) is 0.550. The molecule has 3 aliphatic heterocycles. The maximum atomic E-state index is 11.1. The van der Waals surface area contributed by atoms with Crippen LogP contribution in [0, 0.1) is 18.8 Å². The lowest BCUT2D eigenvalue weighted by Crippen LogP contribution is -2.55. The zero-order chi connectivity index (χ0) is 16.0. The number of aryl methyl sites for hydroxylation is 1. The van der Waals surface area contributed by atoms with E-state index in [0.717, 1.165) is 47.8 Å². The molecule has 0 radical (unpaired) electrons. The van der Waals surface area contributed by atoms with Crippen LogP contribution in [0.25, 0.3) is 10.9 Å². The number of hydrogen-bond acceptors (Lipinski definition) is 3. The molecule has 5 rings (SSSR count). The minimum atomic E-state index is -0.414. The molecule has 122 valence electrons. The van der Waals surface area contributed by atoms with Crippen molar-refractivity contribution >= 4 is 10.9 Å². The van der Waals surface area contributed by atoms with Crippen LogP contribution in [0.15, 0.2) is 30.5 Å². The fourth-order valence-electron chi connectivity index (χ4n) is 4.72. The minimum Gasteiger partial charge on any atom is -0.387 e. The van der Waals surface area contributed by atoms with Crippen molar-refractivity contribution in [3.8, 4) is 0 Å². The van der Waals surface area contributed by atoms with Gasteiger partial charge in [0.15, 0.2) is 0 Å². The molecule has 0 spiro atoms. The largest absolute Gasteiger partial charge is 0.387 e. The van der Waals surface area contributed by atoms with Crippen LogP contribution in [0.4, 0.5) is 0 Å². The van der Waals surface area contributed by atoms with Crippen molar-refractivity contribution in [2.24, 2.45) is 11.8 Å². The van der Waals surface area contributed by atoms with Crippen molar-refractivity contribution in [3.63, 3.8) is 0 Å². The maximum Gasteiger partial charge on any atom is 0.0952 e. The molecule has 1 aromatic carbocycles. The second-order valence-corrected chi connectivity index (χ2v) is 7.38. The molecule has 2 bridgehead atoms. The first-order valence-electron chi connectivity index (χ1n) is 8.94. The fourth-order valence-corrected chi connectivity index (χ4v) is 4.72. The number of piperidine rings is 3. The molecule has 3 fully saturated rings. The summed E-state index contributed by atoms with van der Waals surface area (Å²) < 4.78 is 0. The number of fused-ring (bicyclic) bond motifs is 4. The van der Waals surface area contributed by atoms with Gasteiger partial charge in [-0.25, -0.2) is 0 Å². The van der Waals surface area contributed by atoms with Crippen molar-refractivity contribution in [2.45, 2.75) is 45.3 Å². The van der Waals surface area contributed by atoms with Crippen LogP contribution in [0.2, 0.25) is 0 Å². The summed E-state index contributed by atoms with van der Waals surface area (Å²) in [6.45, 7) is 6.70. The Morgan fingerprint density at radius 2 is 2.22 bits per heavy atom. The summed E-state index contributed by atoms with van der Waals surface area (Å²) in [6.07, 6.45) is 5.12. The lowest BCUT2D eigenvalue weighted by atomic mass is 9.72. The van der Waals surface area contributed by atoms with E-state index in [-0.39, 0.29) is 6.04 Å². The Bertz CT molecular complexity index is 714. The van der Waals surface area contributed by atoms with E-state index in [4.69, 9.17) is 0 Å². The van der Waals surface area contributed by atoms with Gasteiger partial charge in [0.05, 0.1) is 11.6 Å². The number of aliphatic hydroxyl groups excluding tert-OH is 1. The Balaban J connectivity index is 1.68. The number of nitrogens with zero attached hydrogens (tertiary/aromatic N) is 2. The Morgan fingerprint density at radius 1 is 1.35 bits per heavy atom. The summed E-state index contributed by atoms with van der Waals surface area (Å²) in [5, 5.41) is 12.3. The summed E-state index contributed by atoms with van der Waals surface area (Å²) in [7, 11) is 0. The molecule has 3 nitrogen and oxygen atoms in total. The van der Waals surface area contributed by atoms with E-state index >= 15 is 0 Å². The highest BCUT2D eigenvalue weighted by atomic mass is 16.3. The van der Waals surface area contributed by atoms with E-state index in [0.29, 0.717) is 0 Å². The van der Waals surface area contributed by atoms with Crippen molar-refractivity contribution in [3.05, 3.63) is 41.6 Å². The molecule has 0 aliphatic carbocycles. The number of aliphatic hydroxyl groups is 1. The summed E-state index contributed by atoms with van der Waals surface area (Å²) >= 11 is 0. The van der Waals surface area contributed by atoms with Gasteiger partial charge in [0, 0.05) is 24.2 Å². The first-order chi connectivity index (χ1) is 11.2. The standard InChI is InChI=1S/C20H26N2O/c1-3-14-12-22-9-7-15(14)11-19(22)20(23)16-6-8-21-18-5-4-13(2)10-17(16)18/h4-6,8,10,14-15,19-20,23H,3,7,9,11-12H2,1-2H3. The van der Waals surface area contributed by atoms with Gasteiger partial charge in [-0.15, -0.1) is 0 Å². The first kappa shape index (κ1) is 15.1. The molecule has 4 heterocycles. The zero-order valence-electron chi connectivity index (χ0n) is 14.1. The number of rotatable bonds is 3. The maximum absolute atomic E-state index is 11.1. The Kier molecular flexibility index (Phi) is 3.86. The van der Waals surface area contributed by atoms with E-state index in [1.54, 1.807) is 0 Å². The van der Waals surface area contributed by atoms with E-state index in [1.165, 1.54) is 18.4 Å². The SMILES string of the molecule is CCC1CN2CCC1CC2C(O)c1ccnc2ccc(C)cc12. The molecule has 5 atom stereocenters. The molecular formula is C20H26N2O. The average Bonchev–Trinajstić information content (AvgIpc) is 2.60. The van der Waals surface area contributed by atoms with Gasteiger partial charge in [-0.3, -0.25) is 9.88 Å². The highest BCUT2D eigenvalue weighted by molar-refractivity contribution is 5.83. The average molecular weight is 310 g/mol. The smallest absolute Gasteiger partial charge is 0.0952 e. The second-order valence-electron chi connectivity index (χ2n) is 7.38. The van der Waals surface area contributed by atoms with Crippen LogP contribution in [0.1, 0.15) is 43.4 Å². The monoisotopic (exact) mass is 310 g/mol. The Morgan fingerprint density at radius 3 is 2.96 bits per heavy atom. The van der Waals surface area contributed by atoms with Gasteiger partial charge in [0.2, 0.25) is 0 Å². The summed E-state index contributed by atoms with van der Waals surface area (Å²) in [4.78, 5) is 6.99. The summed E-state index contributed by atoms with van der Waals surface area (Å²) in [6, 6.07) is 8.58. The summed E-state index contributed by atoms with van der Waals surface area (Å²) in [5.74, 6) is 1.61. The highest BCUT2D eigenvalue weighted by Gasteiger charge is 2.42. The summed E-state index contributed by atoms with van der Waals surface area (Å²) in [5.41, 5.74) is 3.24. The molecule has 3 aliphatic rings. The van der Waals surface area contributed by atoms with Gasteiger partial charge in [-0.05, 0) is 61.9 Å². The van der Waals surface area contributed by atoms with E-state index in [9.17, 15) is 5.11 Å². The van der Waals surface area contributed by atoms with Crippen LogP contribution in [-0.4, -0.2) is 34.1 Å².